The predicted octanol–water partition coefficient (Wildman–Crippen LogP) is 3.77. The van der Waals surface area contributed by atoms with Crippen molar-refractivity contribution >= 4 is 17.4 Å². The van der Waals surface area contributed by atoms with Crippen LogP contribution in [0.25, 0.3) is 0 Å². The maximum Gasteiger partial charge on any atom is 0.276 e. The molecule has 0 saturated carbocycles. The van der Waals surface area contributed by atoms with Crippen LogP contribution in [0.15, 0.2) is 66.7 Å². The van der Waals surface area contributed by atoms with Gasteiger partial charge in [-0.15, -0.1) is 10.2 Å². The van der Waals surface area contributed by atoms with Crippen molar-refractivity contribution < 1.29 is 4.79 Å². The van der Waals surface area contributed by atoms with Crippen LogP contribution in [0.3, 0.4) is 0 Å². The summed E-state index contributed by atoms with van der Waals surface area (Å²) in [6.07, 6.45) is 0. The average molecular weight is 343 g/mol. The van der Waals surface area contributed by atoms with Crippen LogP contribution in [0.1, 0.15) is 34.6 Å². The highest BCUT2D eigenvalue weighted by Gasteiger charge is 2.10. The molecule has 0 radical (unpaired) electrons. The number of carbonyl (C=O) groups excluding carboxylic acids is 1. The molecule has 2 aromatic carbocycles. The van der Waals surface area contributed by atoms with Gasteiger partial charge in [0.05, 0.1) is 11.6 Å². The summed E-state index contributed by atoms with van der Waals surface area (Å²) in [5, 5.41) is 22.8. The highest BCUT2D eigenvalue weighted by molar-refractivity contribution is 6.02. The predicted molar refractivity (Wildman–Crippen MR) is 99.6 cm³/mol. The van der Waals surface area contributed by atoms with E-state index in [4.69, 9.17) is 5.26 Å². The number of benzene rings is 2. The van der Waals surface area contributed by atoms with E-state index in [-0.39, 0.29) is 17.6 Å². The Labute approximate surface area is 151 Å². The lowest BCUT2D eigenvalue weighted by Gasteiger charge is -2.14. The molecular weight excluding hydrogens is 326 g/mol. The van der Waals surface area contributed by atoms with Crippen molar-refractivity contribution in [3.63, 3.8) is 0 Å². The van der Waals surface area contributed by atoms with Gasteiger partial charge < -0.3 is 10.6 Å². The molecule has 6 nitrogen and oxygen atoms in total. The van der Waals surface area contributed by atoms with Gasteiger partial charge in [0.25, 0.3) is 5.91 Å². The Morgan fingerprint density at radius 3 is 2.35 bits per heavy atom. The fourth-order valence-electron chi connectivity index (χ4n) is 2.40. The number of carbonyl (C=O) groups is 1. The van der Waals surface area contributed by atoms with E-state index in [1.165, 1.54) is 0 Å². The molecule has 0 aliphatic heterocycles. The first-order valence-corrected chi connectivity index (χ1v) is 8.12. The normalized spacial score (nSPS) is 11.2. The highest BCUT2D eigenvalue weighted by Crippen LogP contribution is 2.17. The quantitative estimate of drug-likeness (QED) is 0.736. The van der Waals surface area contributed by atoms with Crippen LogP contribution in [0.4, 0.5) is 11.5 Å². The minimum Gasteiger partial charge on any atom is -0.362 e. The summed E-state index contributed by atoms with van der Waals surface area (Å²) in [6.45, 7) is 2.03. The Kier molecular flexibility index (Phi) is 5.20. The Bertz CT molecular complexity index is 915. The Balaban J connectivity index is 1.63. The monoisotopic (exact) mass is 343 g/mol. The van der Waals surface area contributed by atoms with Crippen molar-refractivity contribution in [3.05, 3.63) is 83.6 Å². The second kappa shape index (κ2) is 7.90. The number of anilines is 2. The largest absolute Gasteiger partial charge is 0.362 e. The van der Waals surface area contributed by atoms with Crippen molar-refractivity contribution in [1.29, 1.82) is 5.26 Å². The maximum atomic E-state index is 12.2. The van der Waals surface area contributed by atoms with Gasteiger partial charge >= 0.3 is 0 Å². The molecule has 0 aliphatic rings. The van der Waals surface area contributed by atoms with Gasteiger partial charge in [-0.3, -0.25) is 4.79 Å². The zero-order chi connectivity index (χ0) is 18.4. The maximum absolute atomic E-state index is 12.2. The molecule has 128 valence electrons. The smallest absolute Gasteiger partial charge is 0.276 e. The number of amides is 1. The van der Waals surface area contributed by atoms with Crippen LogP contribution >= 0.6 is 0 Å². The van der Waals surface area contributed by atoms with Crippen LogP contribution in [0.5, 0.6) is 0 Å². The van der Waals surface area contributed by atoms with Gasteiger partial charge in [-0.2, -0.15) is 5.26 Å². The summed E-state index contributed by atoms with van der Waals surface area (Å²) in [5.74, 6) is 0.237. The molecule has 1 atom stereocenters. The minimum atomic E-state index is -0.357. The molecule has 0 saturated heterocycles. The lowest BCUT2D eigenvalue weighted by Crippen LogP contribution is -2.15. The zero-order valence-corrected chi connectivity index (χ0v) is 14.2. The minimum absolute atomic E-state index is 0.0730. The molecule has 2 N–H and O–H groups in total. The molecular formula is C20H17N5O. The van der Waals surface area contributed by atoms with Crippen LogP contribution in [0.2, 0.25) is 0 Å². The van der Waals surface area contributed by atoms with E-state index in [0.29, 0.717) is 17.1 Å². The summed E-state index contributed by atoms with van der Waals surface area (Å²) in [4.78, 5) is 12.2. The van der Waals surface area contributed by atoms with Gasteiger partial charge in [0.2, 0.25) is 0 Å². The first kappa shape index (κ1) is 17.1. The molecule has 0 bridgehead atoms. The van der Waals surface area contributed by atoms with E-state index in [2.05, 4.69) is 20.8 Å². The van der Waals surface area contributed by atoms with Crippen LogP contribution in [0, 0.1) is 11.3 Å². The van der Waals surface area contributed by atoms with Gasteiger partial charge in [0, 0.05) is 11.7 Å². The van der Waals surface area contributed by atoms with E-state index in [0.717, 1.165) is 5.56 Å². The molecule has 1 amide bonds. The van der Waals surface area contributed by atoms with E-state index in [1.54, 1.807) is 36.4 Å². The van der Waals surface area contributed by atoms with Gasteiger partial charge in [-0.1, -0.05) is 30.3 Å². The molecule has 1 aromatic heterocycles. The van der Waals surface area contributed by atoms with Crippen molar-refractivity contribution in [1.82, 2.24) is 10.2 Å². The summed E-state index contributed by atoms with van der Waals surface area (Å²) >= 11 is 0. The third-order valence-corrected chi connectivity index (χ3v) is 3.83. The lowest BCUT2D eigenvalue weighted by atomic mass is 10.1. The van der Waals surface area contributed by atoms with Gasteiger partial charge in [0.1, 0.15) is 5.82 Å². The number of hydrogen-bond donors (Lipinski definition) is 2. The molecule has 6 heteroatoms. The third kappa shape index (κ3) is 4.22. The summed E-state index contributed by atoms with van der Waals surface area (Å²) in [7, 11) is 0. The van der Waals surface area contributed by atoms with E-state index in [1.807, 2.05) is 43.3 Å². The molecule has 0 aliphatic carbocycles. The molecule has 3 rings (SSSR count). The van der Waals surface area contributed by atoms with Crippen LogP contribution in [-0.4, -0.2) is 16.1 Å². The molecule has 1 heterocycles. The Morgan fingerprint density at radius 1 is 1.00 bits per heavy atom. The molecule has 26 heavy (non-hydrogen) atoms. The first-order valence-electron chi connectivity index (χ1n) is 8.12. The SMILES string of the molecule is CC(Nc1ccc(C(=O)Nc2ccc(C#N)cc2)nn1)c1ccccc1. The Morgan fingerprint density at radius 2 is 1.73 bits per heavy atom. The van der Waals surface area contributed by atoms with Crippen LogP contribution < -0.4 is 10.6 Å². The average Bonchev–Trinajstić information content (AvgIpc) is 2.69. The van der Waals surface area contributed by atoms with Crippen molar-refractivity contribution in [2.75, 3.05) is 10.6 Å². The number of nitrogens with one attached hydrogen (secondary N) is 2. The topological polar surface area (TPSA) is 90.7 Å². The number of rotatable bonds is 5. The van der Waals surface area contributed by atoms with Crippen molar-refractivity contribution in [3.8, 4) is 6.07 Å². The Hall–Kier alpha value is -3.72. The van der Waals surface area contributed by atoms with Crippen molar-refractivity contribution in [2.45, 2.75) is 13.0 Å². The zero-order valence-electron chi connectivity index (χ0n) is 14.2. The second-order valence-corrected chi connectivity index (χ2v) is 5.72. The van der Waals surface area contributed by atoms with Crippen molar-refractivity contribution in [2.24, 2.45) is 0 Å². The number of aromatic nitrogens is 2. The van der Waals surface area contributed by atoms with Gasteiger partial charge in [0.15, 0.2) is 5.69 Å². The van der Waals surface area contributed by atoms with Crippen LogP contribution in [-0.2, 0) is 0 Å². The lowest BCUT2D eigenvalue weighted by molar-refractivity contribution is 0.102. The van der Waals surface area contributed by atoms with Gasteiger partial charge in [-0.25, -0.2) is 0 Å². The molecule has 3 aromatic rings. The molecule has 0 fully saturated rings. The third-order valence-electron chi connectivity index (χ3n) is 3.83. The van der Waals surface area contributed by atoms with E-state index < -0.39 is 0 Å². The second-order valence-electron chi connectivity index (χ2n) is 5.72. The molecule has 0 spiro atoms. The van der Waals surface area contributed by atoms with Gasteiger partial charge in [-0.05, 0) is 48.9 Å². The standard InChI is InChI=1S/C20H17N5O/c1-14(16-5-3-2-4-6-16)22-19-12-11-18(24-25-19)20(26)23-17-9-7-15(13-21)8-10-17/h2-12,14H,1H3,(H,22,25)(H,23,26). The summed E-state index contributed by atoms with van der Waals surface area (Å²) in [6, 6.07) is 22.1. The fourth-order valence-corrected chi connectivity index (χ4v) is 2.40. The number of nitrogens with zero attached hydrogens (tertiary/aromatic N) is 3. The number of nitriles is 1. The molecule has 1 unspecified atom stereocenters. The summed E-state index contributed by atoms with van der Waals surface area (Å²) < 4.78 is 0. The number of hydrogen-bond acceptors (Lipinski definition) is 5. The first-order chi connectivity index (χ1) is 12.7. The fraction of sp³-hybridized carbons (Fsp3) is 0.100. The van der Waals surface area contributed by atoms with E-state index >= 15 is 0 Å². The summed E-state index contributed by atoms with van der Waals surface area (Å²) in [5.41, 5.74) is 2.48. The van der Waals surface area contributed by atoms with E-state index in [9.17, 15) is 4.79 Å². The highest BCUT2D eigenvalue weighted by atomic mass is 16.1.